The number of carbonyl (C=O) groups excluding carboxylic acids is 1. The number of carboxylic acid groups (broad SMARTS) is 1. The molecule has 1 fully saturated rings. The number of thioether (sulfide) groups is 1. The zero-order chi connectivity index (χ0) is 13.6. The number of carbonyl (C=O) groups is 2. The molecule has 0 aliphatic carbocycles. The highest BCUT2D eigenvalue weighted by Gasteiger charge is 2.23. The van der Waals surface area contributed by atoms with Gasteiger partial charge in [-0.2, -0.15) is 11.8 Å². The highest BCUT2D eigenvalue weighted by molar-refractivity contribution is 7.99. The zero-order valence-electron chi connectivity index (χ0n) is 11.0. The summed E-state index contributed by atoms with van der Waals surface area (Å²) in [5, 5.41) is 14.4. The van der Waals surface area contributed by atoms with E-state index in [-0.39, 0.29) is 18.5 Å². The highest BCUT2D eigenvalue weighted by Crippen LogP contribution is 2.17. The van der Waals surface area contributed by atoms with Crippen LogP contribution in [0.3, 0.4) is 0 Å². The predicted octanol–water partition coefficient (Wildman–Crippen LogP) is 1.82. The van der Waals surface area contributed by atoms with Gasteiger partial charge < -0.3 is 15.7 Å². The van der Waals surface area contributed by atoms with Crippen molar-refractivity contribution < 1.29 is 14.7 Å². The lowest BCUT2D eigenvalue weighted by Gasteiger charge is -2.28. The molecule has 104 valence electrons. The highest BCUT2D eigenvalue weighted by atomic mass is 32.2. The summed E-state index contributed by atoms with van der Waals surface area (Å²) in [6, 6.07) is 0.0388. The summed E-state index contributed by atoms with van der Waals surface area (Å²) in [4.78, 5) is 22.3. The van der Waals surface area contributed by atoms with E-state index in [1.807, 2.05) is 25.6 Å². The molecule has 1 atom stereocenters. The molecule has 0 spiro atoms. The Labute approximate surface area is 112 Å². The molecule has 1 rings (SSSR count). The van der Waals surface area contributed by atoms with Crippen molar-refractivity contribution in [2.45, 2.75) is 51.1 Å². The van der Waals surface area contributed by atoms with E-state index in [4.69, 9.17) is 5.11 Å². The van der Waals surface area contributed by atoms with Gasteiger partial charge in [0, 0.05) is 23.8 Å². The first-order valence-corrected chi connectivity index (χ1v) is 7.43. The maximum absolute atomic E-state index is 11.8. The zero-order valence-corrected chi connectivity index (χ0v) is 11.8. The van der Waals surface area contributed by atoms with Crippen molar-refractivity contribution in [3.63, 3.8) is 0 Å². The summed E-state index contributed by atoms with van der Waals surface area (Å²) < 4.78 is 0. The van der Waals surface area contributed by atoms with E-state index in [1.165, 1.54) is 5.75 Å². The van der Waals surface area contributed by atoms with Gasteiger partial charge in [0.15, 0.2) is 0 Å². The first kappa shape index (κ1) is 15.1. The molecule has 1 aliphatic rings. The van der Waals surface area contributed by atoms with E-state index in [0.29, 0.717) is 6.42 Å². The fourth-order valence-electron chi connectivity index (χ4n) is 1.87. The van der Waals surface area contributed by atoms with E-state index < -0.39 is 11.5 Å². The summed E-state index contributed by atoms with van der Waals surface area (Å²) in [5.74, 6) is 1.29. The standard InChI is InChI=1S/C12H22N2O3S/c1-12(2,6-5-10(15)16)14-11(17)13-9-4-3-7-18-8-9/h9H,3-8H2,1-2H3,(H,15,16)(H2,13,14,17). The summed E-state index contributed by atoms with van der Waals surface area (Å²) in [6.07, 6.45) is 2.65. The molecule has 1 aliphatic heterocycles. The number of aliphatic carboxylic acids is 1. The van der Waals surface area contributed by atoms with Crippen LogP contribution in [0.4, 0.5) is 4.79 Å². The predicted molar refractivity (Wildman–Crippen MR) is 73.0 cm³/mol. The second-order valence-corrected chi connectivity index (χ2v) is 6.44. The quantitative estimate of drug-likeness (QED) is 0.714. The second-order valence-electron chi connectivity index (χ2n) is 5.29. The Morgan fingerprint density at radius 2 is 2.17 bits per heavy atom. The van der Waals surface area contributed by atoms with Crippen LogP contribution in [-0.2, 0) is 4.79 Å². The Morgan fingerprint density at radius 3 is 2.72 bits per heavy atom. The van der Waals surface area contributed by atoms with Crippen LogP contribution in [0.25, 0.3) is 0 Å². The van der Waals surface area contributed by atoms with Gasteiger partial charge >= 0.3 is 12.0 Å². The molecular formula is C12H22N2O3S. The molecule has 0 bridgehead atoms. The first-order valence-electron chi connectivity index (χ1n) is 6.27. The van der Waals surface area contributed by atoms with Crippen LogP contribution in [0.1, 0.15) is 39.5 Å². The number of hydrogen-bond donors (Lipinski definition) is 3. The fourth-order valence-corrected chi connectivity index (χ4v) is 2.94. The molecular weight excluding hydrogens is 252 g/mol. The molecule has 0 saturated carbocycles. The van der Waals surface area contributed by atoms with Crippen molar-refractivity contribution in [2.24, 2.45) is 0 Å². The lowest BCUT2D eigenvalue weighted by Crippen LogP contribution is -2.52. The summed E-state index contributed by atoms with van der Waals surface area (Å²) in [6.45, 7) is 3.68. The molecule has 3 N–H and O–H groups in total. The Morgan fingerprint density at radius 1 is 1.44 bits per heavy atom. The Hall–Kier alpha value is -0.910. The molecule has 2 amide bonds. The third kappa shape index (κ3) is 6.14. The monoisotopic (exact) mass is 274 g/mol. The van der Waals surface area contributed by atoms with Crippen LogP contribution < -0.4 is 10.6 Å². The van der Waals surface area contributed by atoms with E-state index in [0.717, 1.165) is 18.6 Å². The number of nitrogens with one attached hydrogen (secondary N) is 2. The second kappa shape index (κ2) is 6.87. The Bertz CT molecular complexity index is 302. The third-order valence-electron chi connectivity index (χ3n) is 2.91. The maximum Gasteiger partial charge on any atom is 0.315 e. The van der Waals surface area contributed by atoms with E-state index in [2.05, 4.69) is 10.6 Å². The van der Waals surface area contributed by atoms with Gasteiger partial charge in [-0.25, -0.2) is 4.79 Å². The first-order chi connectivity index (χ1) is 8.39. The van der Waals surface area contributed by atoms with Gasteiger partial charge in [-0.15, -0.1) is 0 Å². The molecule has 0 aromatic rings. The third-order valence-corrected chi connectivity index (χ3v) is 4.13. The molecule has 18 heavy (non-hydrogen) atoms. The fraction of sp³-hybridized carbons (Fsp3) is 0.833. The minimum absolute atomic E-state index is 0.0621. The van der Waals surface area contributed by atoms with Crippen molar-refractivity contribution in [3.05, 3.63) is 0 Å². The number of carboxylic acids is 1. The average molecular weight is 274 g/mol. The number of amides is 2. The van der Waals surface area contributed by atoms with Crippen LogP contribution in [0.15, 0.2) is 0 Å². The number of urea groups is 1. The van der Waals surface area contributed by atoms with Crippen LogP contribution in [0, 0.1) is 0 Å². The summed E-state index contributed by atoms with van der Waals surface area (Å²) in [5.41, 5.74) is -0.496. The molecule has 0 radical (unpaired) electrons. The minimum atomic E-state index is -0.839. The van der Waals surface area contributed by atoms with Crippen molar-refractivity contribution >= 4 is 23.8 Å². The van der Waals surface area contributed by atoms with Gasteiger partial charge in [-0.1, -0.05) is 0 Å². The van der Waals surface area contributed by atoms with Crippen LogP contribution >= 0.6 is 11.8 Å². The normalized spacial score (nSPS) is 20.2. The van der Waals surface area contributed by atoms with E-state index >= 15 is 0 Å². The lowest BCUT2D eigenvalue weighted by atomic mass is 9.99. The van der Waals surface area contributed by atoms with Gasteiger partial charge in [0.25, 0.3) is 0 Å². The van der Waals surface area contributed by atoms with E-state index in [9.17, 15) is 9.59 Å². The average Bonchev–Trinajstić information content (AvgIpc) is 2.27. The van der Waals surface area contributed by atoms with Crippen LogP contribution in [0.2, 0.25) is 0 Å². The number of rotatable bonds is 5. The molecule has 5 nitrogen and oxygen atoms in total. The van der Waals surface area contributed by atoms with Crippen molar-refractivity contribution in [3.8, 4) is 0 Å². The molecule has 1 saturated heterocycles. The van der Waals surface area contributed by atoms with Crippen LogP contribution in [0.5, 0.6) is 0 Å². The van der Waals surface area contributed by atoms with Gasteiger partial charge in [0.1, 0.15) is 0 Å². The summed E-state index contributed by atoms with van der Waals surface area (Å²) >= 11 is 1.86. The molecule has 1 unspecified atom stereocenters. The molecule has 6 heteroatoms. The van der Waals surface area contributed by atoms with E-state index in [1.54, 1.807) is 0 Å². The SMILES string of the molecule is CC(C)(CCC(=O)O)NC(=O)NC1CCCSC1. The van der Waals surface area contributed by atoms with Crippen molar-refractivity contribution in [2.75, 3.05) is 11.5 Å². The van der Waals surface area contributed by atoms with Crippen molar-refractivity contribution in [1.82, 2.24) is 10.6 Å². The van der Waals surface area contributed by atoms with Crippen LogP contribution in [-0.4, -0.2) is 40.2 Å². The topological polar surface area (TPSA) is 78.4 Å². The van der Waals surface area contributed by atoms with Crippen molar-refractivity contribution in [1.29, 1.82) is 0 Å². The largest absolute Gasteiger partial charge is 0.481 e. The Balaban J connectivity index is 2.30. The van der Waals surface area contributed by atoms with Gasteiger partial charge in [-0.05, 0) is 38.9 Å². The minimum Gasteiger partial charge on any atom is -0.481 e. The molecule has 1 heterocycles. The maximum atomic E-state index is 11.8. The smallest absolute Gasteiger partial charge is 0.315 e. The van der Waals surface area contributed by atoms with Gasteiger partial charge in [0.2, 0.25) is 0 Å². The molecule has 0 aromatic carbocycles. The Kier molecular flexibility index (Phi) is 5.78. The molecule has 0 aromatic heterocycles. The van der Waals surface area contributed by atoms with Gasteiger partial charge in [-0.3, -0.25) is 4.79 Å². The lowest BCUT2D eigenvalue weighted by molar-refractivity contribution is -0.137. The summed E-state index contributed by atoms with van der Waals surface area (Å²) in [7, 11) is 0. The van der Waals surface area contributed by atoms with Gasteiger partial charge in [0.05, 0.1) is 0 Å². The number of hydrogen-bond acceptors (Lipinski definition) is 3.